The molecule has 0 atom stereocenters. The largest absolute Gasteiger partial charge is 0.384 e. The Morgan fingerprint density at radius 3 is 2.63 bits per heavy atom. The molecule has 1 amide bonds. The van der Waals surface area contributed by atoms with Crippen LogP contribution >= 0.6 is 11.6 Å². The van der Waals surface area contributed by atoms with E-state index < -0.39 is 0 Å². The van der Waals surface area contributed by atoms with Gasteiger partial charge in [0.2, 0.25) is 0 Å². The zero-order valence-corrected chi connectivity index (χ0v) is 12.5. The van der Waals surface area contributed by atoms with Gasteiger partial charge in [0.05, 0.1) is 5.56 Å². The van der Waals surface area contributed by atoms with Gasteiger partial charge in [0, 0.05) is 23.8 Å². The summed E-state index contributed by atoms with van der Waals surface area (Å²) in [6, 6.07) is 5.38. The number of nitrogens with one attached hydrogen (secondary N) is 2. The fourth-order valence-corrected chi connectivity index (χ4v) is 1.96. The Kier molecular flexibility index (Phi) is 7.34. The van der Waals surface area contributed by atoms with Crippen LogP contribution in [0.4, 0.5) is 5.69 Å². The zero-order chi connectivity index (χ0) is 14.1. The average molecular weight is 283 g/mol. The van der Waals surface area contributed by atoms with Gasteiger partial charge >= 0.3 is 0 Å². The Morgan fingerprint density at radius 1 is 1.16 bits per heavy atom. The number of hydrogen-bond acceptors (Lipinski definition) is 2. The molecule has 0 aliphatic rings. The smallest absolute Gasteiger partial charge is 0.253 e. The van der Waals surface area contributed by atoms with Crippen molar-refractivity contribution in [3.63, 3.8) is 0 Å². The molecule has 0 bridgehead atoms. The highest BCUT2D eigenvalue weighted by Crippen LogP contribution is 2.20. The predicted octanol–water partition coefficient (Wildman–Crippen LogP) is 4.08. The van der Waals surface area contributed by atoms with Gasteiger partial charge in [0.25, 0.3) is 5.91 Å². The van der Waals surface area contributed by atoms with Crippen molar-refractivity contribution in [1.29, 1.82) is 0 Å². The summed E-state index contributed by atoms with van der Waals surface area (Å²) < 4.78 is 0. The molecule has 106 valence electrons. The molecule has 3 nitrogen and oxygen atoms in total. The third-order valence-electron chi connectivity index (χ3n) is 2.86. The van der Waals surface area contributed by atoms with Gasteiger partial charge in [-0.05, 0) is 31.0 Å². The first-order valence-corrected chi connectivity index (χ1v) is 7.38. The first-order valence-electron chi connectivity index (χ1n) is 7.00. The zero-order valence-electron chi connectivity index (χ0n) is 11.8. The van der Waals surface area contributed by atoms with E-state index in [1.54, 1.807) is 12.1 Å². The van der Waals surface area contributed by atoms with Crippen LogP contribution in [0.2, 0.25) is 5.02 Å². The molecule has 0 spiro atoms. The number of amides is 1. The molecule has 0 unspecified atom stereocenters. The maximum Gasteiger partial charge on any atom is 0.253 e. The number of unbranched alkanes of at least 4 members (excludes halogenated alkanes) is 2. The summed E-state index contributed by atoms with van der Waals surface area (Å²) in [5, 5.41) is 6.78. The van der Waals surface area contributed by atoms with Crippen molar-refractivity contribution in [1.82, 2.24) is 5.32 Å². The molecule has 0 aliphatic carbocycles. The van der Waals surface area contributed by atoms with Crippen molar-refractivity contribution in [2.45, 2.75) is 39.5 Å². The Balaban J connectivity index is 2.67. The minimum atomic E-state index is -0.0581. The standard InChI is InChI=1S/C15H23ClN2O/c1-3-5-6-10-18-15(19)13-11-12(16)7-8-14(13)17-9-4-2/h7-8,11,17H,3-6,9-10H2,1-2H3,(H,18,19). The second-order valence-electron chi connectivity index (χ2n) is 4.58. The van der Waals surface area contributed by atoms with Gasteiger partial charge in [-0.3, -0.25) is 4.79 Å². The summed E-state index contributed by atoms with van der Waals surface area (Å²) in [5.41, 5.74) is 1.47. The van der Waals surface area contributed by atoms with Crippen LogP contribution in [0.1, 0.15) is 49.9 Å². The van der Waals surface area contributed by atoms with Crippen molar-refractivity contribution in [3.05, 3.63) is 28.8 Å². The Labute approximate surface area is 120 Å². The lowest BCUT2D eigenvalue weighted by Crippen LogP contribution is -2.25. The van der Waals surface area contributed by atoms with Crippen LogP contribution in [0.15, 0.2) is 18.2 Å². The molecule has 1 rings (SSSR count). The molecular weight excluding hydrogens is 260 g/mol. The van der Waals surface area contributed by atoms with Crippen molar-refractivity contribution in [2.75, 3.05) is 18.4 Å². The molecular formula is C15H23ClN2O. The Bertz CT molecular complexity index is 407. The molecule has 1 aromatic carbocycles. The van der Waals surface area contributed by atoms with Crippen LogP contribution in [-0.2, 0) is 0 Å². The quantitative estimate of drug-likeness (QED) is 0.705. The number of benzene rings is 1. The molecule has 0 heterocycles. The van der Waals surface area contributed by atoms with Crippen LogP contribution < -0.4 is 10.6 Å². The summed E-state index contributed by atoms with van der Waals surface area (Å²) in [6.45, 7) is 5.79. The molecule has 0 aliphatic heterocycles. The van der Waals surface area contributed by atoms with Crippen molar-refractivity contribution >= 4 is 23.2 Å². The summed E-state index contributed by atoms with van der Waals surface area (Å²) in [5.74, 6) is -0.0581. The van der Waals surface area contributed by atoms with E-state index >= 15 is 0 Å². The lowest BCUT2D eigenvalue weighted by molar-refractivity contribution is 0.0953. The molecule has 0 fully saturated rings. The molecule has 0 aromatic heterocycles. The topological polar surface area (TPSA) is 41.1 Å². The van der Waals surface area contributed by atoms with Gasteiger partial charge in [-0.2, -0.15) is 0 Å². The SMILES string of the molecule is CCCCCNC(=O)c1cc(Cl)ccc1NCCC. The van der Waals surface area contributed by atoms with E-state index in [-0.39, 0.29) is 5.91 Å². The van der Waals surface area contributed by atoms with Crippen LogP contribution in [0.5, 0.6) is 0 Å². The van der Waals surface area contributed by atoms with E-state index in [9.17, 15) is 4.79 Å². The molecule has 19 heavy (non-hydrogen) atoms. The van der Waals surface area contributed by atoms with E-state index in [4.69, 9.17) is 11.6 Å². The number of hydrogen-bond donors (Lipinski definition) is 2. The Morgan fingerprint density at radius 2 is 1.95 bits per heavy atom. The lowest BCUT2D eigenvalue weighted by atomic mass is 10.1. The van der Waals surface area contributed by atoms with E-state index in [1.807, 2.05) is 6.07 Å². The van der Waals surface area contributed by atoms with Gasteiger partial charge in [0.1, 0.15) is 0 Å². The van der Waals surface area contributed by atoms with Gasteiger partial charge < -0.3 is 10.6 Å². The van der Waals surface area contributed by atoms with Gasteiger partial charge in [-0.1, -0.05) is 38.3 Å². The van der Waals surface area contributed by atoms with E-state index in [2.05, 4.69) is 24.5 Å². The predicted molar refractivity (Wildman–Crippen MR) is 82.1 cm³/mol. The molecule has 0 saturated carbocycles. The first-order chi connectivity index (χ1) is 9.19. The fraction of sp³-hybridized carbons (Fsp3) is 0.533. The summed E-state index contributed by atoms with van der Waals surface area (Å²) >= 11 is 5.97. The Hall–Kier alpha value is -1.22. The highest BCUT2D eigenvalue weighted by Gasteiger charge is 2.11. The van der Waals surface area contributed by atoms with Crippen LogP contribution in [0.3, 0.4) is 0 Å². The third kappa shape index (κ3) is 5.52. The molecule has 4 heteroatoms. The van der Waals surface area contributed by atoms with Crippen LogP contribution in [0, 0.1) is 0 Å². The summed E-state index contributed by atoms with van der Waals surface area (Å²) in [6.07, 6.45) is 4.31. The highest BCUT2D eigenvalue weighted by atomic mass is 35.5. The molecule has 1 aromatic rings. The van der Waals surface area contributed by atoms with Crippen molar-refractivity contribution in [2.24, 2.45) is 0 Å². The molecule has 2 N–H and O–H groups in total. The minimum absolute atomic E-state index is 0.0581. The number of halogens is 1. The highest BCUT2D eigenvalue weighted by molar-refractivity contribution is 6.31. The van der Waals surface area contributed by atoms with E-state index in [0.717, 1.165) is 37.9 Å². The van der Waals surface area contributed by atoms with Gasteiger partial charge in [-0.25, -0.2) is 0 Å². The lowest BCUT2D eigenvalue weighted by Gasteiger charge is -2.12. The number of rotatable bonds is 8. The van der Waals surface area contributed by atoms with E-state index in [1.165, 1.54) is 0 Å². The van der Waals surface area contributed by atoms with Crippen LogP contribution in [-0.4, -0.2) is 19.0 Å². The van der Waals surface area contributed by atoms with E-state index in [0.29, 0.717) is 17.1 Å². The van der Waals surface area contributed by atoms with Crippen LogP contribution in [0.25, 0.3) is 0 Å². The molecule has 0 radical (unpaired) electrons. The van der Waals surface area contributed by atoms with Crippen molar-refractivity contribution in [3.8, 4) is 0 Å². The second kappa shape index (κ2) is 8.81. The second-order valence-corrected chi connectivity index (χ2v) is 5.02. The minimum Gasteiger partial charge on any atom is -0.384 e. The summed E-state index contributed by atoms with van der Waals surface area (Å²) in [4.78, 5) is 12.1. The average Bonchev–Trinajstić information content (AvgIpc) is 2.42. The van der Waals surface area contributed by atoms with Gasteiger partial charge in [0.15, 0.2) is 0 Å². The number of anilines is 1. The normalized spacial score (nSPS) is 10.3. The third-order valence-corrected chi connectivity index (χ3v) is 3.09. The maximum atomic E-state index is 12.1. The first kappa shape index (κ1) is 15.8. The fourth-order valence-electron chi connectivity index (χ4n) is 1.79. The number of carbonyl (C=O) groups excluding carboxylic acids is 1. The number of carbonyl (C=O) groups is 1. The molecule has 0 saturated heterocycles. The monoisotopic (exact) mass is 282 g/mol. The van der Waals surface area contributed by atoms with Crippen molar-refractivity contribution < 1.29 is 4.79 Å². The summed E-state index contributed by atoms with van der Waals surface area (Å²) in [7, 11) is 0. The van der Waals surface area contributed by atoms with Gasteiger partial charge in [-0.15, -0.1) is 0 Å². The maximum absolute atomic E-state index is 12.1.